The number of nitrogens with zero attached hydrogens (tertiary/aromatic N) is 2. The van der Waals surface area contributed by atoms with Gasteiger partial charge in [-0.25, -0.2) is 4.98 Å². The molecule has 0 unspecified atom stereocenters. The molecule has 3 aromatic rings. The Labute approximate surface area is 142 Å². The van der Waals surface area contributed by atoms with E-state index in [2.05, 4.69) is 39.1 Å². The van der Waals surface area contributed by atoms with E-state index in [1.54, 1.807) is 11.3 Å². The second kappa shape index (κ2) is 6.11. The Morgan fingerprint density at radius 2 is 2.17 bits per heavy atom. The molecule has 0 saturated carbocycles. The maximum Gasteiger partial charge on any atom is 0.260 e. The maximum atomic E-state index is 12.3. The van der Waals surface area contributed by atoms with Crippen molar-refractivity contribution < 1.29 is 0 Å². The number of aromatic nitrogens is 2. The first kappa shape index (κ1) is 14.9. The summed E-state index contributed by atoms with van der Waals surface area (Å²) >= 11 is 3.15. The van der Waals surface area contributed by atoms with E-state index in [-0.39, 0.29) is 5.56 Å². The van der Waals surface area contributed by atoms with Crippen molar-refractivity contribution in [1.29, 1.82) is 0 Å². The van der Waals surface area contributed by atoms with Gasteiger partial charge < -0.3 is 4.98 Å². The molecule has 3 heterocycles. The summed E-state index contributed by atoms with van der Waals surface area (Å²) in [6.45, 7) is 2.84. The van der Waals surface area contributed by atoms with Gasteiger partial charge in [0, 0.05) is 24.5 Å². The van der Waals surface area contributed by atoms with Gasteiger partial charge >= 0.3 is 0 Å². The van der Waals surface area contributed by atoms with E-state index in [0.717, 1.165) is 36.3 Å². The zero-order valence-electron chi connectivity index (χ0n) is 12.8. The van der Waals surface area contributed by atoms with Crippen LogP contribution in [-0.4, -0.2) is 27.7 Å². The van der Waals surface area contributed by atoms with E-state index < -0.39 is 0 Å². The van der Waals surface area contributed by atoms with Crippen LogP contribution < -0.4 is 5.56 Å². The maximum absolute atomic E-state index is 12.3. The molecule has 1 aliphatic rings. The van der Waals surface area contributed by atoms with Crippen molar-refractivity contribution >= 4 is 33.3 Å². The monoisotopic (exact) mass is 343 g/mol. The summed E-state index contributed by atoms with van der Waals surface area (Å²) in [5, 5.41) is 1.50. The van der Waals surface area contributed by atoms with Crippen LogP contribution in [-0.2, 0) is 19.5 Å². The van der Waals surface area contributed by atoms with Crippen LogP contribution in [0.2, 0.25) is 0 Å². The number of thiophene rings is 1. The normalized spacial score (nSPS) is 15.0. The summed E-state index contributed by atoms with van der Waals surface area (Å²) in [5.74, 6) is 0. The molecule has 0 fully saturated rings. The summed E-state index contributed by atoms with van der Waals surface area (Å²) in [4.78, 5) is 24.4. The Balaban J connectivity index is 1.66. The highest BCUT2D eigenvalue weighted by atomic mass is 32.2. The zero-order chi connectivity index (χ0) is 15.8. The number of nitrogens with one attached hydrogen (secondary N) is 1. The summed E-state index contributed by atoms with van der Waals surface area (Å²) in [6, 6.07) is 10.5. The lowest BCUT2D eigenvalue weighted by molar-refractivity contribution is 0.249. The van der Waals surface area contributed by atoms with Gasteiger partial charge in [0.05, 0.1) is 5.39 Å². The van der Waals surface area contributed by atoms with Gasteiger partial charge in [0.15, 0.2) is 5.16 Å². The van der Waals surface area contributed by atoms with Crippen LogP contribution in [0.25, 0.3) is 10.2 Å². The minimum Gasteiger partial charge on any atom is -0.301 e. The lowest BCUT2D eigenvalue weighted by Crippen LogP contribution is -2.29. The molecule has 1 aromatic carbocycles. The molecule has 0 aliphatic carbocycles. The Bertz CT molecular complexity index is 901. The molecule has 1 N–H and O–H groups in total. The van der Waals surface area contributed by atoms with E-state index in [4.69, 9.17) is 0 Å². The van der Waals surface area contributed by atoms with Gasteiger partial charge in [0.25, 0.3) is 5.56 Å². The number of thioether (sulfide) groups is 1. The van der Waals surface area contributed by atoms with Gasteiger partial charge in [-0.15, -0.1) is 11.3 Å². The fraction of sp³-hybridized carbons (Fsp3) is 0.294. The van der Waals surface area contributed by atoms with Gasteiger partial charge in [-0.3, -0.25) is 9.69 Å². The Morgan fingerprint density at radius 3 is 2.96 bits per heavy atom. The number of aromatic amines is 1. The number of hydrogen-bond donors (Lipinski definition) is 1. The third kappa shape index (κ3) is 2.82. The highest BCUT2D eigenvalue weighted by Gasteiger charge is 2.23. The standard InChI is InChI=1S/C17H17N3OS2/c1-22-17-18-15(21)14-12-7-8-20(9-11-5-3-2-4-6-11)10-13(12)23-16(14)19-17/h2-6H,7-10H2,1H3,(H,18,19,21). The lowest BCUT2D eigenvalue weighted by atomic mass is 10.0. The predicted molar refractivity (Wildman–Crippen MR) is 96.3 cm³/mol. The molecule has 0 spiro atoms. The number of fused-ring (bicyclic) bond motifs is 3. The van der Waals surface area contributed by atoms with Crippen molar-refractivity contribution in [2.24, 2.45) is 0 Å². The van der Waals surface area contributed by atoms with Crippen LogP contribution in [0.3, 0.4) is 0 Å². The predicted octanol–water partition coefficient (Wildman–Crippen LogP) is 3.26. The van der Waals surface area contributed by atoms with Crippen molar-refractivity contribution in [2.45, 2.75) is 24.7 Å². The second-order valence-electron chi connectivity index (χ2n) is 5.71. The van der Waals surface area contributed by atoms with Gasteiger partial charge in [-0.1, -0.05) is 42.1 Å². The topological polar surface area (TPSA) is 49.0 Å². The van der Waals surface area contributed by atoms with E-state index >= 15 is 0 Å². The fourth-order valence-corrected chi connectivity index (χ4v) is 4.81. The molecular weight excluding hydrogens is 326 g/mol. The van der Waals surface area contributed by atoms with Crippen molar-refractivity contribution in [3.8, 4) is 0 Å². The van der Waals surface area contributed by atoms with Crippen molar-refractivity contribution in [2.75, 3.05) is 12.8 Å². The Hall–Kier alpha value is -1.63. The first-order valence-electron chi connectivity index (χ1n) is 7.59. The summed E-state index contributed by atoms with van der Waals surface area (Å²) in [6.07, 6.45) is 2.85. The zero-order valence-corrected chi connectivity index (χ0v) is 14.5. The van der Waals surface area contributed by atoms with Crippen LogP contribution in [0.1, 0.15) is 16.0 Å². The Kier molecular flexibility index (Phi) is 3.97. The van der Waals surface area contributed by atoms with Crippen LogP contribution in [0, 0.1) is 0 Å². The third-order valence-corrected chi connectivity index (χ3v) is 5.90. The molecule has 23 heavy (non-hydrogen) atoms. The summed E-state index contributed by atoms with van der Waals surface area (Å²) < 4.78 is 0. The molecule has 6 heteroatoms. The first-order chi connectivity index (χ1) is 11.2. The van der Waals surface area contributed by atoms with E-state index in [9.17, 15) is 4.79 Å². The molecule has 1 aliphatic heterocycles. The molecule has 4 nitrogen and oxygen atoms in total. The van der Waals surface area contributed by atoms with E-state index in [1.165, 1.54) is 27.8 Å². The van der Waals surface area contributed by atoms with Crippen LogP contribution >= 0.6 is 23.1 Å². The van der Waals surface area contributed by atoms with E-state index in [0.29, 0.717) is 5.16 Å². The third-order valence-electron chi connectivity index (χ3n) is 4.21. The first-order valence-corrected chi connectivity index (χ1v) is 9.63. The Morgan fingerprint density at radius 1 is 1.35 bits per heavy atom. The number of H-pyrrole nitrogens is 1. The molecular formula is C17H17N3OS2. The van der Waals surface area contributed by atoms with Crippen LogP contribution in [0.5, 0.6) is 0 Å². The second-order valence-corrected chi connectivity index (χ2v) is 7.58. The minimum absolute atomic E-state index is 0.00774. The van der Waals surface area contributed by atoms with Gasteiger partial charge in [-0.2, -0.15) is 0 Å². The van der Waals surface area contributed by atoms with Gasteiger partial charge in [0.1, 0.15) is 4.83 Å². The fourth-order valence-electron chi connectivity index (χ4n) is 3.11. The summed E-state index contributed by atoms with van der Waals surface area (Å²) in [5.41, 5.74) is 2.54. The van der Waals surface area contributed by atoms with Crippen molar-refractivity contribution in [3.63, 3.8) is 0 Å². The smallest absolute Gasteiger partial charge is 0.260 e. The molecule has 2 aromatic heterocycles. The molecule has 0 atom stereocenters. The van der Waals surface area contributed by atoms with Crippen molar-refractivity contribution in [3.05, 3.63) is 56.7 Å². The number of rotatable bonds is 3. The average molecular weight is 343 g/mol. The molecule has 118 valence electrons. The van der Waals surface area contributed by atoms with E-state index in [1.807, 2.05) is 12.3 Å². The molecule has 4 rings (SSSR count). The van der Waals surface area contributed by atoms with Gasteiger partial charge in [-0.05, 0) is 23.8 Å². The molecule has 0 saturated heterocycles. The highest BCUT2D eigenvalue weighted by molar-refractivity contribution is 7.98. The van der Waals surface area contributed by atoms with Crippen LogP contribution in [0.15, 0.2) is 40.3 Å². The number of benzene rings is 1. The average Bonchev–Trinajstić information content (AvgIpc) is 2.93. The molecule has 0 radical (unpaired) electrons. The SMILES string of the molecule is CSc1nc2sc3c(c2c(=O)[nH]1)CCN(Cc1ccccc1)C3. The minimum atomic E-state index is 0.00774. The van der Waals surface area contributed by atoms with Crippen LogP contribution in [0.4, 0.5) is 0 Å². The number of hydrogen-bond acceptors (Lipinski definition) is 5. The summed E-state index contributed by atoms with van der Waals surface area (Å²) in [7, 11) is 0. The van der Waals surface area contributed by atoms with Gasteiger partial charge in [0.2, 0.25) is 0 Å². The largest absolute Gasteiger partial charge is 0.301 e. The molecule has 0 bridgehead atoms. The quantitative estimate of drug-likeness (QED) is 0.586. The van der Waals surface area contributed by atoms with Crippen molar-refractivity contribution in [1.82, 2.24) is 14.9 Å². The highest BCUT2D eigenvalue weighted by Crippen LogP contribution is 2.33. The lowest BCUT2D eigenvalue weighted by Gasteiger charge is -2.26. The molecule has 0 amide bonds.